The first-order valence-electron chi connectivity index (χ1n) is 4.83. The molecule has 1 aromatic carbocycles. The van der Waals surface area contributed by atoms with E-state index in [4.69, 9.17) is 4.74 Å². The van der Waals surface area contributed by atoms with Crippen LogP contribution in [0.15, 0.2) is 22.7 Å². The fourth-order valence-electron chi connectivity index (χ4n) is 1.35. The number of halogens is 4. The third kappa shape index (κ3) is 3.50. The first-order chi connectivity index (χ1) is 7.94. The summed E-state index contributed by atoms with van der Waals surface area (Å²) in [6.45, 7) is 1.22. The molecule has 0 aliphatic carbocycles. The highest BCUT2D eigenvalue weighted by Gasteiger charge is 2.32. The fraction of sp³-hybridized carbons (Fsp3) is 0.400. The molecule has 94 valence electrons. The van der Waals surface area contributed by atoms with Gasteiger partial charge in [-0.2, -0.15) is 0 Å². The average molecular weight is 312 g/mol. The van der Waals surface area contributed by atoms with Crippen LogP contribution in [0.25, 0.3) is 0 Å². The summed E-state index contributed by atoms with van der Waals surface area (Å²) < 4.78 is 45.1. The molecule has 7 heteroatoms. The second-order valence-electron chi connectivity index (χ2n) is 3.57. The zero-order chi connectivity index (χ0) is 12.5. The lowest BCUT2D eigenvalue weighted by Crippen LogP contribution is -2.40. The Labute approximate surface area is 104 Å². The van der Waals surface area contributed by atoms with Crippen LogP contribution in [0.1, 0.15) is 0 Å². The van der Waals surface area contributed by atoms with Crippen LogP contribution in [0, 0.1) is 0 Å². The number of hydrogen-bond donors (Lipinski definition) is 1. The van der Waals surface area contributed by atoms with Gasteiger partial charge in [0.1, 0.15) is 5.75 Å². The summed E-state index contributed by atoms with van der Waals surface area (Å²) in [5.41, 5.74) is 0.722. The van der Waals surface area contributed by atoms with Gasteiger partial charge in [-0.15, -0.1) is 13.2 Å². The second-order valence-corrected chi connectivity index (χ2v) is 4.43. The van der Waals surface area contributed by atoms with E-state index in [2.05, 4.69) is 26.0 Å². The van der Waals surface area contributed by atoms with Gasteiger partial charge >= 0.3 is 6.36 Å². The first-order valence-corrected chi connectivity index (χ1v) is 5.63. The summed E-state index contributed by atoms with van der Waals surface area (Å²) in [6, 6.07) is 4.56. The molecule has 3 nitrogen and oxygen atoms in total. The van der Waals surface area contributed by atoms with Crippen molar-refractivity contribution >= 4 is 21.6 Å². The highest BCUT2D eigenvalue weighted by atomic mass is 79.9. The van der Waals surface area contributed by atoms with E-state index in [0.717, 1.165) is 5.69 Å². The number of alkyl halides is 3. The van der Waals surface area contributed by atoms with Gasteiger partial charge in [-0.1, -0.05) is 0 Å². The van der Waals surface area contributed by atoms with Crippen molar-refractivity contribution in [3.8, 4) is 5.75 Å². The molecule has 1 aromatic rings. The predicted octanol–water partition coefficient (Wildman–Crippen LogP) is 3.16. The molecule has 2 rings (SSSR count). The highest BCUT2D eigenvalue weighted by molar-refractivity contribution is 9.10. The molecule has 0 amide bonds. The van der Waals surface area contributed by atoms with E-state index in [0.29, 0.717) is 13.2 Å². The van der Waals surface area contributed by atoms with E-state index in [9.17, 15) is 13.2 Å². The lowest BCUT2D eigenvalue weighted by atomic mass is 10.2. The first kappa shape index (κ1) is 12.5. The highest BCUT2D eigenvalue weighted by Crippen LogP contribution is 2.32. The maximum atomic E-state index is 12.0. The second kappa shape index (κ2) is 4.73. The molecule has 0 unspecified atom stereocenters. The SMILES string of the molecule is FC(F)(F)Oc1ccc(NC2COC2)cc1Br. The quantitative estimate of drug-likeness (QED) is 0.930. The molecule has 0 aromatic heterocycles. The average Bonchev–Trinajstić information content (AvgIpc) is 2.14. The van der Waals surface area contributed by atoms with E-state index in [-0.39, 0.29) is 16.3 Å². The van der Waals surface area contributed by atoms with Crippen LogP contribution >= 0.6 is 15.9 Å². The molecule has 0 bridgehead atoms. The molecule has 1 aliphatic heterocycles. The summed E-state index contributed by atoms with van der Waals surface area (Å²) in [7, 11) is 0. The topological polar surface area (TPSA) is 30.5 Å². The number of anilines is 1. The molecule has 1 N–H and O–H groups in total. The van der Waals surface area contributed by atoms with Crippen molar-refractivity contribution in [1.29, 1.82) is 0 Å². The van der Waals surface area contributed by atoms with Crippen molar-refractivity contribution in [2.24, 2.45) is 0 Å². The van der Waals surface area contributed by atoms with Crippen LogP contribution in [-0.2, 0) is 4.74 Å². The summed E-state index contributed by atoms with van der Waals surface area (Å²) in [5, 5.41) is 3.12. The van der Waals surface area contributed by atoms with Gasteiger partial charge < -0.3 is 14.8 Å². The summed E-state index contributed by atoms with van der Waals surface area (Å²) in [4.78, 5) is 0. The minimum atomic E-state index is -4.68. The third-order valence-electron chi connectivity index (χ3n) is 2.17. The Morgan fingerprint density at radius 1 is 1.35 bits per heavy atom. The van der Waals surface area contributed by atoms with Gasteiger partial charge in [-0.3, -0.25) is 0 Å². The van der Waals surface area contributed by atoms with Crippen LogP contribution < -0.4 is 10.1 Å². The van der Waals surface area contributed by atoms with Crippen LogP contribution in [0.4, 0.5) is 18.9 Å². The van der Waals surface area contributed by atoms with Gasteiger partial charge in [0.15, 0.2) is 0 Å². The van der Waals surface area contributed by atoms with E-state index in [1.54, 1.807) is 6.07 Å². The fourth-order valence-corrected chi connectivity index (χ4v) is 1.81. The van der Waals surface area contributed by atoms with Gasteiger partial charge in [0, 0.05) is 5.69 Å². The number of hydrogen-bond acceptors (Lipinski definition) is 3. The molecule has 1 fully saturated rings. The lowest BCUT2D eigenvalue weighted by Gasteiger charge is -2.28. The lowest BCUT2D eigenvalue weighted by molar-refractivity contribution is -0.274. The van der Waals surface area contributed by atoms with Gasteiger partial charge in [0.25, 0.3) is 0 Å². The normalized spacial score (nSPS) is 16.5. The number of benzene rings is 1. The molecule has 1 saturated heterocycles. The van der Waals surface area contributed by atoms with Crippen molar-refractivity contribution < 1.29 is 22.6 Å². The zero-order valence-corrected chi connectivity index (χ0v) is 10.1. The largest absolute Gasteiger partial charge is 0.573 e. The van der Waals surface area contributed by atoms with Gasteiger partial charge in [-0.05, 0) is 34.1 Å². The number of nitrogens with one attached hydrogen (secondary N) is 1. The Bertz CT molecular complexity index is 407. The Kier molecular flexibility index (Phi) is 3.48. The van der Waals surface area contributed by atoms with Crippen molar-refractivity contribution in [2.75, 3.05) is 18.5 Å². The Morgan fingerprint density at radius 3 is 2.53 bits per heavy atom. The third-order valence-corrected chi connectivity index (χ3v) is 2.79. The van der Waals surface area contributed by atoms with E-state index < -0.39 is 6.36 Å². The molecule has 0 atom stereocenters. The van der Waals surface area contributed by atoms with Crippen molar-refractivity contribution in [1.82, 2.24) is 0 Å². The molecule has 0 spiro atoms. The number of rotatable bonds is 3. The van der Waals surface area contributed by atoms with Gasteiger partial charge in [0.2, 0.25) is 0 Å². The smallest absolute Gasteiger partial charge is 0.405 e. The van der Waals surface area contributed by atoms with Crippen LogP contribution in [0.3, 0.4) is 0 Å². The molecule has 0 saturated carbocycles. The maximum absolute atomic E-state index is 12.0. The van der Waals surface area contributed by atoms with Gasteiger partial charge in [0.05, 0.1) is 23.7 Å². The van der Waals surface area contributed by atoms with E-state index in [1.165, 1.54) is 12.1 Å². The molecule has 1 heterocycles. The standard InChI is InChI=1S/C10H9BrF3NO2/c11-8-3-6(15-7-4-16-5-7)1-2-9(8)17-10(12,13)14/h1-3,7,15H,4-5H2. The zero-order valence-electron chi connectivity index (χ0n) is 8.55. The molecule has 0 radical (unpaired) electrons. The molecular weight excluding hydrogens is 303 g/mol. The van der Waals surface area contributed by atoms with Crippen molar-refractivity contribution in [3.05, 3.63) is 22.7 Å². The monoisotopic (exact) mass is 311 g/mol. The Morgan fingerprint density at radius 2 is 2.06 bits per heavy atom. The summed E-state index contributed by atoms with van der Waals surface area (Å²) in [6.07, 6.45) is -4.68. The van der Waals surface area contributed by atoms with Gasteiger partial charge in [-0.25, -0.2) is 0 Å². The van der Waals surface area contributed by atoms with Crippen LogP contribution in [0.2, 0.25) is 0 Å². The minimum absolute atomic E-state index is 0.219. The van der Waals surface area contributed by atoms with E-state index >= 15 is 0 Å². The van der Waals surface area contributed by atoms with Crippen molar-refractivity contribution in [2.45, 2.75) is 12.4 Å². The summed E-state index contributed by atoms with van der Waals surface area (Å²) >= 11 is 3.03. The molecular formula is C10H9BrF3NO2. The molecule has 17 heavy (non-hydrogen) atoms. The van der Waals surface area contributed by atoms with Crippen LogP contribution in [0.5, 0.6) is 5.75 Å². The maximum Gasteiger partial charge on any atom is 0.573 e. The predicted molar refractivity (Wildman–Crippen MR) is 59.1 cm³/mol. The van der Waals surface area contributed by atoms with Crippen molar-refractivity contribution in [3.63, 3.8) is 0 Å². The Balaban J connectivity index is 2.05. The van der Waals surface area contributed by atoms with Crippen LogP contribution in [-0.4, -0.2) is 25.6 Å². The van der Waals surface area contributed by atoms with E-state index in [1.807, 2.05) is 0 Å². The minimum Gasteiger partial charge on any atom is -0.405 e. The Hall–Kier alpha value is -0.950. The molecule has 1 aliphatic rings. The summed E-state index contributed by atoms with van der Waals surface area (Å²) in [5.74, 6) is -0.257. The number of ether oxygens (including phenoxy) is 2.